The number of aryl methyl sites for hydroxylation is 4. The third-order valence-electron chi connectivity index (χ3n) is 24.7. The molecular formula is C94H104N20O9. The molecule has 0 spiro atoms. The van der Waals surface area contributed by atoms with E-state index < -0.39 is 0 Å². The number of fused-ring (bicyclic) bond motifs is 8. The lowest BCUT2D eigenvalue weighted by Crippen LogP contribution is -2.57. The van der Waals surface area contributed by atoms with Crippen molar-refractivity contribution in [2.45, 2.75) is 132 Å². The number of aliphatic hydroxyl groups excluding tert-OH is 1. The number of rotatable bonds is 12. The molecule has 12 aromatic heterocycles. The Morgan fingerprint density at radius 1 is 0.374 bits per heavy atom. The van der Waals surface area contributed by atoms with Crippen LogP contribution >= 0.6 is 0 Å². The van der Waals surface area contributed by atoms with Crippen LogP contribution in [0.3, 0.4) is 0 Å². The Morgan fingerprint density at radius 2 is 0.650 bits per heavy atom. The number of piperazine rings is 4. The summed E-state index contributed by atoms with van der Waals surface area (Å²) < 4.78 is 30.2. The second-order valence-corrected chi connectivity index (χ2v) is 33.7. The second-order valence-electron chi connectivity index (χ2n) is 33.7. The van der Waals surface area contributed by atoms with Crippen LogP contribution in [0, 0.1) is 27.7 Å². The molecule has 0 radical (unpaired) electrons. The molecule has 4 aromatic carbocycles. The Balaban J connectivity index is 0.000000116. The molecule has 4 saturated heterocycles. The quantitative estimate of drug-likeness (QED) is 0.119. The summed E-state index contributed by atoms with van der Waals surface area (Å²) in [6, 6.07) is 34.7. The van der Waals surface area contributed by atoms with Crippen molar-refractivity contribution >= 4 is 88.4 Å². The van der Waals surface area contributed by atoms with E-state index in [4.69, 9.17) is 17.7 Å². The Morgan fingerprint density at radius 3 is 0.927 bits per heavy atom. The molecule has 634 valence electrons. The Hall–Kier alpha value is -12.8. The van der Waals surface area contributed by atoms with Crippen molar-refractivity contribution in [2.75, 3.05) is 112 Å². The smallest absolute Gasteiger partial charge is 0.344 e. The van der Waals surface area contributed by atoms with Crippen LogP contribution < -0.4 is 42.1 Å². The zero-order valence-corrected chi connectivity index (χ0v) is 72.1. The molecule has 6 atom stereocenters. The maximum Gasteiger partial charge on any atom is 0.344 e. The molecule has 4 aliphatic rings. The standard InChI is InChI=1S/C24H27N5O3.C24H27N5O2.2C23H25N5O2/c1-15-11-28-14-21(26-23(28)10-25-15)22-8-18-4-5-19(9-20(18)24(31)32-22)27-12-16(2)29(6-7-30)17(3)13-27;1-5-29-16(3)12-27(13-17(29)4)19-7-6-18-8-22(31-24(30)20(18)9-19)21-14-28-11-15(2)25-10-23(28)26-21;1-14-10-28-13-20(25-22(28)9-24-14)21-7-17-5-6-18(8-19(17)23(29)30-21)27-11-15(2)26(4)16(3)12-27;1-15(2)26-6-8-27(9-7-26)18-5-4-17-10-21(30-23(29)19(17)11-18)20-14-28-13-16(3)24-12-22(28)25-20/h4-5,8-11,14,16-17,30H,6-7,12-13H2,1-3H3;6-11,14,16-17H,5,12-13H2,1-4H3;5-10,13,15-16H,11-12H2,1-4H3;4-5,10-15H,6-9H2,1-3H3/t2*16-,17+;15-,16+;. The first kappa shape index (κ1) is 82.5. The number of imidazole rings is 4. The largest absolute Gasteiger partial charge is 0.421 e. The highest BCUT2D eigenvalue weighted by Crippen LogP contribution is 2.34. The number of hydrogen-bond donors (Lipinski definition) is 1. The van der Waals surface area contributed by atoms with E-state index in [0.29, 0.717) is 139 Å². The lowest BCUT2D eigenvalue weighted by atomic mass is 10.1. The van der Waals surface area contributed by atoms with Gasteiger partial charge in [-0.15, -0.1) is 0 Å². The van der Waals surface area contributed by atoms with Gasteiger partial charge in [-0.1, -0.05) is 31.2 Å². The Bertz CT molecular complexity index is 6860. The van der Waals surface area contributed by atoms with Gasteiger partial charge < -0.3 is 60.0 Å². The Kier molecular flexibility index (Phi) is 23.0. The first-order valence-electron chi connectivity index (χ1n) is 42.4. The lowest BCUT2D eigenvalue weighted by Gasteiger charge is -2.45. The second kappa shape index (κ2) is 34.3. The molecular weight excluding hydrogens is 1550 g/mol. The fraction of sp³-hybridized carbons (Fsp3) is 0.362. The molecule has 123 heavy (non-hydrogen) atoms. The average Bonchev–Trinajstić information content (AvgIpc) is 1.77. The monoisotopic (exact) mass is 1660 g/mol. The van der Waals surface area contributed by atoms with E-state index in [-0.39, 0.29) is 29.1 Å². The van der Waals surface area contributed by atoms with Crippen molar-refractivity contribution in [1.29, 1.82) is 0 Å². The fourth-order valence-electron chi connectivity index (χ4n) is 17.9. The van der Waals surface area contributed by atoms with Gasteiger partial charge in [-0.2, -0.15) is 0 Å². The molecule has 4 fully saturated rings. The summed E-state index contributed by atoms with van der Waals surface area (Å²) in [7, 11) is 2.17. The number of benzene rings is 4. The van der Waals surface area contributed by atoms with Crippen LogP contribution in [0.5, 0.6) is 0 Å². The van der Waals surface area contributed by atoms with Crippen molar-refractivity contribution in [3.63, 3.8) is 0 Å². The van der Waals surface area contributed by atoms with Crippen molar-refractivity contribution in [1.82, 2.24) is 77.1 Å². The minimum Gasteiger partial charge on any atom is -0.421 e. The Labute approximate surface area is 710 Å². The van der Waals surface area contributed by atoms with Gasteiger partial charge in [-0.05, 0) is 191 Å². The molecule has 0 unspecified atom stereocenters. The number of hydrogen-bond acceptors (Lipinski definition) is 25. The highest BCUT2D eigenvalue weighted by atomic mass is 16.4. The van der Waals surface area contributed by atoms with Gasteiger partial charge >= 0.3 is 22.5 Å². The van der Waals surface area contributed by atoms with Crippen LogP contribution in [-0.4, -0.2) is 217 Å². The summed E-state index contributed by atoms with van der Waals surface area (Å²) in [5.74, 6) is 1.83. The molecule has 29 nitrogen and oxygen atoms in total. The summed E-state index contributed by atoms with van der Waals surface area (Å²) in [6.45, 7) is 39.0. The van der Waals surface area contributed by atoms with Crippen LogP contribution in [0.15, 0.2) is 208 Å². The molecule has 0 amide bonds. The average molecular weight is 1660 g/mol. The predicted octanol–water partition coefficient (Wildman–Crippen LogP) is 13.1. The van der Waals surface area contributed by atoms with Gasteiger partial charge in [-0.3, -0.25) is 39.5 Å². The molecule has 1 N–H and O–H groups in total. The van der Waals surface area contributed by atoms with Crippen LogP contribution in [0.1, 0.15) is 85.1 Å². The summed E-state index contributed by atoms with van der Waals surface area (Å²) in [5, 5.41) is 15.1. The van der Waals surface area contributed by atoms with Crippen LogP contribution in [0.2, 0.25) is 0 Å². The van der Waals surface area contributed by atoms with E-state index in [2.05, 4.69) is 173 Å². The molecule has 0 bridgehead atoms. The summed E-state index contributed by atoms with van der Waals surface area (Å²) in [5.41, 5.74) is 11.7. The highest BCUT2D eigenvalue weighted by Gasteiger charge is 2.33. The first-order valence-corrected chi connectivity index (χ1v) is 42.4. The number of β-amino-alcohol motifs (C(OH)–C–C–N with tert-alkyl or cyclic N) is 1. The van der Waals surface area contributed by atoms with Crippen molar-refractivity contribution in [3.8, 4) is 45.8 Å². The van der Waals surface area contributed by atoms with E-state index in [0.717, 1.165) is 139 Å². The van der Waals surface area contributed by atoms with Gasteiger partial charge in [0.05, 0.1) is 75.7 Å². The van der Waals surface area contributed by atoms with Crippen LogP contribution in [0.25, 0.3) is 111 Å². The van der Waals surface area contributed by atoms with E-state index >= 15 is 0 Å². The van der Waals surface area contributed by atoms with Crippen LogP contribution in [-0.2, 0) is 0 Å². The maximum absolute atomic E-state index is 12.9. The lowest BCUT2D eigenvalue weighted by molar-refractivity contribution is 0.103. The zero-order chi connectivity index (χ0) is 85.9. The topological polar surface area (TPSA) is 288 Å². The molecule has 0 saturated carbocycles. The van der Waals surface area contributed by atoms with E-state index in [1.165, 1.54) is 0 Å². The molecule has 20 rings (SSSR count). The number of aromatic nitrogens is 12. The van der Waals surface area contributed by atoms with Gasteiger partial charge in [0.1, 0.15) is 22.8 Å². The predicted molar refractivity (Wildman–Crippen MR) is 483 cm³/mol. The van der Waals surface area contributed by atoms with Crippen molar-refractivity contribution in [3.05, 3.63) is 236 Å². The molecule has 29 heteroatoms. The molecule has 16 heterocycles. The van der Waals surface area contributed by atoms with Gasteiger partial charge in [0.2, 0.25) is 0 Å². The molecule has 16 aromatic rings. The summed E-state index contributed by atoms with van der Waals surface area (Å²) in [4.78, 5) is 106. The van der Waals surface area contributed by atoms with Gasteiger partial charge in [0.25, 0.3) is 0 Å². The van der Waals surface area contributed by atoms with Crippen molar-refractivity contribution in [2.24, 2.45) is 0 Å². The summed E-state index contributed by atoms with van der Waals surface area (Å²) >= 11 is 0. The minimum atomic E-state index is -0.370. The number of anilines is 4. The van der Waals surface area contributed by atoms with E-state index in [9.17, 15) is 24.3 Å². The van der Waals surface area contributed by atoms with E-state index in [1.54, 1.807) is 24.8 Å². The SMILES string of the molecule is CCN1[C@H](C)CN(c2ccc3cc(-c4cn5cc(C)ncc5n4)oc(=O)c3c2)C[C@@H]1C.Cc1cn2cc(-c3cc4ccc(N5CCN(C(C)C)CC5)cc4c(=O)o3)nc2cn1.Cc1cn2cc(-c3cc4ccc(N5C[C@@H](C)N(C)[C@@H](C)C5)cc4c(=O)o3)nc2cn1.Cc1cn2cc(-c3cc4ccc(N5C[C@@H](C)N(CCO)[C@@H](C)C5)cc4c(=O)o3)nc2cn1. The molecule has 0 aliphatic carbocycles. The third-order valence-corrected chi connectivity index (χ3v) is 24.7. The van der Waals surface area contributed by atoms with Gasteiger partial charge in [0.15, 0.2) is 45.6 Å². The first-order chi connectivity index (χ1) is 59.2. The number of likely N-dealkylation sites (N-methyl/N-ethyl adjacent to an activating group) is 2. The zero-order valence-electron chi connectivity index (χ0n) is 72.1. The number of aliphatic hydroxyl groups is 1. The minimum absolute atomic E-state index is 0.163. The maximum atomic E-state index is 12.9. The van der Waals surface area contributed by atoms with Crippen LogP contribution in [0.4, 0.5) is 22.7 Å². The third kappa shape index (κ3) is 17.2. The fourth-order valence-corrected chi connectivity index (χ4v) is 17.9. The van der Waals surface area contributed by atoms with Gasteiger partial charge in [0, 0.05) is 187 Å². The van der Waals surface area contributed by atoms with Gasteiger partial charge in [-0.25, -0.2) is 39.1 Å². The van der Waals surface area contributed by atoms with E-state index in [1.807, 2.05) is 168 Å². The molecule has 4 aliphatic heterocycles. The van der Waals surface area contributed by atoms with Crippen molar-refractivity contribution < 1.29 is 22.8 Å². The summed E-state index contributed by atoms with van der Waals surface area (Å²) in [6.07, 6.45) is 21.8. The normalized spacial score (nSPS) is 19.0. The number of nitrogens with zero attached hydrogens (tertiary/aromatic N) is 20. The highest BCUT2D eigenvalue weighted by molar-refractivity contribution is 5.90.